The Morgan fingerprint density at radius 3 is 2.63 bits per heavy atom. The highest BCUT2D eigenvalue weighted by Crippen LogP contribution is 2.19. The molecular weight excluding hydrogens is 306 g/mol. The first-order valence-corrected chi connectivity index (χ1v) is 6.56. The Morgan fingerprint density at radius 2 is 2.00 bits per heavy atom. The number of nitrogen functional groups attached to an aromatic ring is 1. The molecule has 0 aliphatic carbocycles. The van der Waals surface area contributed by atoms with Crippen LogP contribution in [-0.4, -0.2) is 10.9 Å². The summed E-state index contributed by atoms with van der Waals surface area (Å²) in [4.78, 5) is 16.2. The van der Waals surface area contributed by atoms with E-state index < -0.39 is 0 Å². The number of amides is 1. The van der Waals surface area contributed by atoms with Gasteiger partial charge in [-0.2, -0.15) is 0 Å². The molecule has 1 heterocycles. The lowest BCUT2D eigenvalue weighted by atomic mass is 10.1. The van der Waals surface area contributed by atoms with E-state index in [4.69, 9.17) is 5.73 Å². The van der Waals surface area contributed by atoms with Crippen LogP contribution in [0, 0.1) is 13.8 Å². The number of pyridine rings is 1. The number of nitrogens with one attached hydrogen (secondary N) is 1. The largest absolute Gasteiger partial charge is 0.397 e. The number of carbonyl (C=O) groups excluding carboxylic acids is 1. The molecule has 0 atom stereocenters. The van der Waals surface area contributed by atoms with Gasteiger partial charge in [-0.05, 0) is 49.2 Å². The fourth-order valence-electron chi connectivity index (χ4n) is 1.69. The van der Waals surface area contributed by atoms with Crippen LogP contribution in [0.1, 0.15) is 21.5 Å². The fraction of sp³-hybridized carbons (Fsp3) is 0.143. The van der Waals surface area contributed by atoms with Crippen LogP contribution < -0.4 is 11.1 Å². The smallest absolute Gasteiger partial charge is 0.256 e. The molecule has 0 aliphatic heterocycles. The Hall–Kier alpha value is -1.88. The summed E-state index contributed by atoms with van der Waals surface area (Å²) in [6.45, 7) is 3.79. The number of anilines is 2. The quantitative estimate of drug-likeness (QED) is 0.892. The van der Waals surface area contributed by atoms with Gasteiger partial charge < -0.3 is 11.1 Å². The van der Waals surface area contributed by atoms with Crippen LogP contribution in [-0.2, 0) is 0 Å². The number of halogens is 1. The highest BCUT2D eigenvalue weighted by Gasteiger charge is 2.09. The molecule has 5 heteroatoms. The summed E-state index contributed by atoms with van der Waals surface area (Å²) < 4.78 is 0.978. The summed E-state index contributed by atoms with van der Waals surface area (Å²) in [6.07, 6.45) is 1.52. The Kier molecular flexibility index (Phi) is 3.85. The number of rotatable bonds is 2. The maximum atomic E-state index is 12.1. The van der Waals surface area contributed by atoms with Crippen molar-refractivity contribution < 1.29 is 4.79 Å². The molecule has 3 N–H and O–H groups in total. The molecule has 0 fully saturated rings. The molecule has 19 heavy (non-hydrogen) atoms. The van der Waals surface area contributed by atoms with Gasteiger partial charge in [0.1, 0.15) is 5.82 Å². The molecule has 1 aromatic heterocycles. The summed E-state index contributed by atoms with van der Waals surface area (Å²) >= 11 is 3.41. The molecule has 2 aromatic rings. The molecule has 0 aliphatic rings. The van der Waals surface area contributed by atoms with Crippen LogP contribution in [0.4, 0.5) is 11.5 Å². The van der Waals surface area contributed by atoms with Gasteiger partial charge in [-0.15, -0.1) is 0 Å². The summed E-state index contributed by atoms with van der Waals surface area (Å²) in [5.74, 6) is 0.343. The van der Waals surface area contributed by atoms with Crippen LogP contribution in [0.2, 0.25) is 0 Å². The second-order valence-electron chi connectivity index (χ2n) is 4.35. The fourth-order valence-corrected chi connectivity index (χ4v) is 1.94. The van der Waals surface area contributed by atoms with E-state index in [9.17, 15) is 4.79 Å². The zero-order valence-electron chi connectivity index (χ0n) is 10.7. The maximum absolute atomic E-state index is 12.1. The third-order valence-corrected chi connectivity index (χ3v) is 3.64. The van der Waals surface area contributed by atoms with Crippen molar-refractivity contribution in [2.75, 3.05) is 11.1 Å². The molecule has 0 spiro atoms. The third-order valence-electron chi connectivity index (χ3n) is 2.75. The van der Waals surface area contributed by atoms with Crippen LogP contribution in [0.5, 0.6) is 0 Å². The van der Waals surface area contributed by atoms with Gasteiger partial charge in [0.05, 0.1) is 11.9 Å². The molecule has 0 saturated heterocycles. The Balaban J connectivity index is 2.23. The maximum Gasteiger partial charge on any atom is 0.256 e. The molecule has 2 rings (SSSR count). The van der Waals surface area contributed by atoms with Crippen molar-refractivity contribution in [2.24, 2.45) is 0 Å². The number of hydrogen-bond acceptors (Lipinski definition) is 3. The second kappa shape index (κ2) is 5.40. The first-order valence-electron chi connectivity index (χ1n) is 5.77. The minimum Gasteiger partial charge on any atom is -0.397 e. The van der Waals surface area contributed by atoms with Crippen molar-refractivity contribution >= 4 is 33.3 Å². The van der Waals surface area contributed by atoms with Crippen molar-refractivity contribution in [1.29, 1.82) is 0 Å². The predicted molar refractivity (Wildman–Crippen MR) is 80.2 cm³/mol. The van der Waals surface area contributed by atoms with Gasteiger partial charge >= 0.3 is 0 Å². The van der Waals surface area contributed by atoms with Gasteiger partial charge in [0.2, 0.25) is 0 Å². The van der Waals surface area contributed by atoms with Crippen LogP contribution in [0.3, 0.4) is 0 Å². The minimum atomic E-state index is -0.184. The molecular formula is C14H14BrN3O. The first kappa shape index (κ1) is 13.5. The van der Waals surface area contributed by atoms with E-state index in [-0.39, 0.29) is 5.91 Å². The highest BCUT2D eigenvalue weighted by molar-refractivity contribution is 9.10. The van der Waals surface area contributed by atoms with Crippen molar-refractivity contribution in [1.82, 2.24) is 4.98 Å². The average Bonchev–Trinajstić information content (AvgIpc) is 2.36. The lowest BCUT2D eigenvalue weighted by molar-refractivity contribution is 0.102. The summed E-state index contributed by atoms with van der Waals surface area (Å²) in [7, 11) is 0. The number of benzene rings is 1. The molecule has 98 valence electrons. The number of aromatic nitrogens is 1. The Bertz CT molecular complexity index is 641. The number of hydrogen-bond donors (Lipinski definition) is 2. The Morgan fingerprint density at radius 1 is 1.26 bits per heavy atom. The van der Waals surface area contributed by atoms with E-state index in [0.717, 1.165) is 15.6 Å². The minimum absolute atomic E-state index is 0.184. The molecule has 0 saturated carbocycles. The van der Waals surface area contributed by atoms with Gasteiger partial charge in [0, 0.05) is 10.0 Å². The Labute approximate surface area is 120 Å². The van der Waals surface area contributed by atoms with Crippen molar-refractivity contribution in [2.45, 2.75) is 13.8 Å². The summed E-state index contributed by atoms with van der Waals surface area (Å²) in [5, 5.41) is 2.78. The molecule has 1 aromatic carbocycles. The molecule has 0 unspecified atom stereocenters. The van der Waals surface area contributed by atoms with Crippen molar-refractivity contribution in [3.63, 3.8) is 0 Å². The number of nitrogens with two attached hydrogens (primary N) is 1. The lowest BCUT2D eigenvalue weighted by Crippen LogP contribution is -2.14. The normalized spacial score (nSPS) is 10.3. The monoisotopic (exact) mass is 319 g/mol. The number of aryl methyl sites for hydroxylation is 2. The van der Waals surface area contributed by atoms with E-state index in [0.29, 0.717) is 17.1 Å². The van der Waals surface area contributed by atoms with Crippen molar-refractivity contribution in [3.8, 4) is 0 Å². The van der Waals surface area contributed by atoms with E-state index in [2.05, 4.69) is 26.2 Å². The number of nitrogens with zero attached hydrogens (tertiary/aromatic N) is 1. The molecule has 0 bridgehead atoms. The predicted octanol–water partition coefficient (Wildman–Crippen LogP) is 3.30. The van der Waals surface area contributed by atoms with E-state index in [1.807, 2.05) is 26.0 Å². The van der Waals surface area contributed by atoms with Crippen molar-refractivity contribution in [3.05, 3.63) is 51.6 Å². The summed E-state index contributed by atoms with van der Waals surface area (Å²) in [6, 6.07) is 7.22. The second-order valence-corrected chi connectivity index (χ2v) is 5.21. The van der Waals surface area contributed by atoms with Gasteiger partial charge in [0.15, 0.2) is 0 Å². The average molecular weight is 320 g/mol. The zero-order valence-corrected chi connectivity index (χ0v) is 12.3. The number of carbonyl (C=O) groups is 1. The van der Waals surface area contributed by atoms with Crippen LogP contribution in [0.15, 0.2) is 34.9 Å². The van der Waals surface area contributed by atoms with E-state index in [1.165, 1.54) is 6.20 Å². The highest BCUT2D eigenvalue weighted by atomic mass is 79.9. The summed E-state index contributed by atoms with van der Waals surface area (Å²) in [5.41, 5.74) is 8.64. The molecule has 4 nitrogen and oxygen atoms in total. The van der Waals surface area contributed by atoms with E-state index >= 15 is 0 Å². The van der Waals surface area contributed by atoms with Crippen LogP contribution >= 0.6 is 15.9 Å². The van der Waals surface area contributed by atoms with Gasteiger partial charge in [-0.25, -0.2) is 4.98 Å². The standard InChI is InChI=1S/C14H14BrN3O/c1-8-5-10(3-4-12(8)15)14(19)18-13-9(2)6-11(16)7-17-13/h3-7H,16H2,1-2H3,(H,17,18,19). The lowest BCUT2D eigenvalue weighted by Gasteiger charge is -2.08. The SMILES string of the molecule is Cc1cc(C(=O)Nc2ncc(N)cc2C)ccc1Br. The van der Waals surface area contributed by atoms with Gasteiger partial charge in [-0.3, -0.25) is 4.79 Å². The van der Waals surface area contributed by atoms with Gasteiger partial charge in [0.25, 0.3) is 5.91 Å². The molecule has 0 radical (unpaired) electrons. The van der Waals surface area contributed by atoms with Gasteiger partial charge in [-0.1, -0.05) is 15.9 Å². The topological polar surface area (TPSA) is 68.0 Å². The molecule has 1 amide bonds. The van der Waals surface area contributed by atoms with Crippen LogP contribution in [0.25, 0.3) is 0 Å². The zero-order chi connectivity index (χ0) is 14.0. The first-order chi connectivity index (χ1) is 8.97. The van der Waals surface area contributed by atoms with E-state index in [1.54, 1.807) is 12.1 Å². The third kappa shape index (κ3) is 3.12.